The van der Waals surface area contributed by atoms with Crippen molar-refractivity contribution in [2.75, 3.05) is 0 Å². The van der Waals surface area contributed by atoms with Crippen LogP contribution in [0.3, 0.4) is 0 Å². The first-order chi connectivity index (χ1) is 11.6. The Bertz CT molecular complexity index is 929. The third-order valence-electron chi connectivity index (χ3n) is 3.39. The summed E-state index contributed by atoms with van der Waals surface area (Å²) in [5, 5.41) is 5.47. The second-order valence-electron chi connectivity index (χ2n) is 5.18. The molecule has 2 aromatic carbocycles. The molecule has 1 N–H and O–H groups in total. The molecule has 0 aliphatic rings. The highest BCUT2D eigenvalue weighted by Crippen LogP contribution is 2.34. The van der Waals surface area contributed by atoms with E-state index in [0.29, 0.717) is 15.6 Å². The van der Waals surface area contributed by atoms with E-state index < -0.39 is 0 Å². The van der Waals surface area contributed by atoms with E-state index in [2.05, 4.69) is 10.5 Å². The SMILES string of the molecule is CC(/C=C/c1ccccc1)=NNC(=O)c1sc2ccccc2c1Cl. The van der Waals surface area contributed by atoms with Crippen molar-refractivity contribution in [1.29, 1.82) is 0 Å². The number of allylic oxidation sites excluding steroid dienone is 1. The van der Waals surface area contributed by atoms with Gasteiger partial charge in [-0.05, 0) is 24.6 Å². The Morgan fingerprint density at radius 3 is 2.58 bits per heavy atom. The number of nitrogens with one attached hydrogen (secondary N) is 1. The van der Waals surface area contributed by atoms with Gasteiger partial charge in [-0.1, -0.05) is 66.2 Å². The van der Waals surface area contributed by atoms with E-state index >= 15 is 0 Å². The van der Waals surface area contributed by atoms with Gasteiger partial charge in [-0.3, -0.25) is 4.79 Å². The quantitative estimate of drug-likeness (QED) is 0.496. The molecule has 0 aliphatic carbocycles. The molecule has 1 heterocycles. The highest BCUT2D eigenvalue weighted by molar-refractivity contribution is 7.21. The van der Waals surface area contributed by atoms with Gasteiger partial charge < -0.3 is 0 Å². The smallest absolute Gasteiger partial charge is 0.266 e. The highest BCUT2D eigenvalue weighted by atomic mass is 35.5. The predicted molar refractivity (Wildman–Crippen MR) is 103 cm³/mol. The topological polar surface area (TPSA) is 41.5 Å². The molecule has 1 aromatic heterocycles. The van der Waals surface area contributed by atoms with E-state index in [1.54, 1.807) is 0 Å². The van der Waals surface area contributed by atoms with Crippen LogP contribution in [0.1, 0.15) is 22.2 Å². The fraction of sp³-hybridized carbons (Fsp3) is 0.0526. The van der Waals surface area contributed by atoms with Crippen molar-refractivity contribution in [3.8, 4) is 0 Å². The van der Waals surface area contributed by atoms with Crippen molar-refractivity contribution in [3.05, 3.63) is 76.1 Å². The molecular formula is C19H15ClN2OS. The Balaban J connectivity index is 1.72. The summed E-state index contributed by atoms with van der Waals surface area (Å²) < 4.78 is 0.984. The lowest BCUT2D eigenvalue weighted by Gasteiger charge is -1.98. The van der Waals surface area contributed by atoms with Crippen molar-refractivity contribution in [3.63, 3.8) is 0 Å². The molecule has 0 unspecified atom stereocenters. The summed E-state index contributed by atoms with van der Waals surface area (Å²) in [6.45, 7) is 1.83. The van der Waals surface area contributed by atoms with E-state index in [9.17, 15) is 4.79 Å². The second-order valence-corrected chi connectivity index (χ2v) is 6.61. The van der Waals surface area contributed by atoms with Gasteiger partial charge in [0.15, 0.2) is 0 Å². The van der Waals surface area contributed by atoms with Crippen LogP contribution in [0.5, 0.6) is 0 Å². The Hall–Kier alpha value is -2.43. The summed E-state index contributed by atoms with van der Waals surface area (Å²) in [5.74, 6) is -0.298. The van der Waals surface area contributed by atoms with Crippen LogP contribution in [0.4, 0.5) is 0 Å². The Labute approximate surface area is 149 Å². The molecule has 1 amide bonds. The molecule has 0 bridgehead atoms. The fourth-order valence-electron chi connectivity index (χ4n) is 2.17. The van der Waals surface area contributed by atoms with Gasteiger partial charge >= 0.3 is 0 Å². The van der Waals surface area contributed by atoms with Gasteiger partial charge in [-0.15, -0.1) is 11.3 Å². The zero-order valence-corrected chi connectivity index (χ0v) is 14.6. The van der Waals surface area contributed by atoms with Gasteiger partial charge in [0.2, 0.25) is 0 Å². The number of benzene rings is 2. The maximum atomic E-state index is 12.3. The van der Waals surface area contributed by atoms with E-state index in [1.807, 2.05) is 73.7 Å². The number of hydrogen-bond donors (Lipinski definition) is 1. The Kier molecular flexibility index (Phi) is 5.08. The molecule has 0 fully saturated rings. The van der Waals surface area contributed by atoms with Gasteiger partial charge in [-0.25, -0.2) is 5.43 Å². The number of rotatable bonds is 4. The summed E-state index contributed by atoms with van der Waals surface area (Å²) in [6, 6.07) is 17.6. The lowest BCUT2D eigenvalue weighted by atomic mass is 10.2. The van der Waals surface area contributed by atoms with Crippen LogP contribution in [0.15, 0.2) is 65.8 Å². The van der Waals surface area contributed by atoms with Gasteiger partial charge in [0, 0.05) is 10.1 Å². The first-order valence-corrected chi connectivity index (χ1v) is 8.59. The van der Waals surface area contributed by atoms with Crippen LogP contribution in [-0.4, -0.2) is 11.6 Å². The van der Waals surface area contributed by atoms with Gasteiger partial charge in [-0.2, -0.15) is 5.10 Å². The average molecular weight is 355 g/mol. The van der Waals surface area contributed by atoms with Crippen LogP contribution < -0.4 is 5.43 Å². The molecule has 3 nitrogen and oxygen atoms in total. The standard InChI is InChI=1S/C19H15ClN2OS/c1-13(11-12-14-7-3-2-4-8-14)21-22-19(23)18-17(20)15-9-5-6-10-16(15)24-18/h2-12H,1H3,(H,22,23)/b12-11+,21-13?. The zero-order valence-electron chi connectivity index (χ0n) is 13.0. The van der Waals surface area contributed by atoms with Crippen molar-refractivity contribution in [2.24, 2.45) is 5.10 Å². The second kappa shape index (κ2) is 7.43. The third-order valence-corrected chi connectivity index (χ3v) is 5.07. The fourth-order valence-corrected chi connectivity index (χ4v) is 3.57. The minimum absolute atomic E-state index is 0.298. The number of nitrogens with zero attached hydrogens (tertiary/aromatic N) is 1. The number of carbonyl (C=O) groups is 1. The lowest BCUT2D eigenvalue weighted by Crippen LogP contribution is -2.17. The molecule has 0 aliphatic heterocycles. The molecule has 0 radical (unpaired) electrons. The van der Waals surface area contributed by atoms with Crippen LogP contribution in [0.25, 0.3) is 16.2 Å². The maximum Gasteiger partial charge on any atom is 0.283 e. The van der Waals surface area contributed by atoms with Gasteiger partial charge in [0.25, 0.3) is 5.91 Å². The van der Waals surface area contributed by atoms with E-state index in [4.69, 9.17) is 11.6 Å². The largest absolute Gasteiger partial charge is 0.283 e. The van der Waals surface area contributed by atoms with Crippen molar-refractivity contribution < 1.29 is 4.79 Å². The first-order valence-electron chi connectivity index (χ1n) is 7.40. The predicted octanol–water partition coefficient (Wildman–Crippen LogP) is 5.37. The number of amides is 1. The molecule has 0 spiro atoms. The first kappa shape index (κ1) is 16.4. The van der Waals surface area contributed by atoms with Crippen LogP contribution in [0.2, 0.25) is 5.02 Å². The van der Waals surface area contributed by atoms with Gasteiger partial charge in [0.1, 0.15) is 4.88 Å². The molecule has 0 saturated carbocycles. The third kappa shape index (κ3) is 3.72. The van der Waals surface area contributed by atoms with Crippen molar-refractivity contribution in [1.82, 2.24) is 5.43 Å². The molecule has 120 valence electrons. The Morgan fingerprint density at radius 1 is 1.12 bits per heavy atom. The minimum Gasteiger partial charge on any atom is -0.266 e. The number of halogens is 1. The molecule has 0 saturated heterocycles. The van der Waals surface area contributed by atoms with Gasteiger partial charge in [0.05, 0.1) is 10.7 Å². The number of thiophene rings is 1. The molecule has 3 rings (SSSR count). The number of hydrogen-bond acceptors (Lipinski definition) is 3. The normalized spacial score (nSPS) is 12.0. The molecule has 0 atom stereocenters. The van der Waals surface area contributed by atoms with Crippen LogP contribution in [-0.2, 0) is 0 Å². The number of hydrazone groups is 1. The summed E-state index contributed by atoms with van der Waals surface area (Å²) in [5.41, 5.74) is 4.33. The van der Waals surface area contributed by atoms with Crippen LogP contribution >= 0.6 is 22.9 Å². The average Bonchev–Trinajstić information content (AvgIpc) is 2.96. The summed E-state index contributed by atoms with van der Waals surface area (Å²) in [7, 11) is 0. The van der Waals surface area contributed by atoms with E-state index in [-0.39, 0.29) is 5.91 Å². The maximum absolute atomic E-state index is 12.3. The van der Waals surface area contributed by atoms with Crippen molar-refractivity contribution in [2.45, 2.75) is 6.92 Å². The summed E-state index contributed by atoms with van der Waals surface area (Å²) in [6.07, 6.45) is 3.79. The summed E-state index contributed by atoms with van der Waals surface area (Å²) in [4.78, 5) is 12.8. The monoisotopic (exact) mass is 354 g/mol. The highest BCUT2D eigenvalue weighted by Gasteiger charge is 2.16. The van der Waals surface area contributed by atoms with Crippen molar-refractivity contribution >= 4 is 50.7 Å². The number of carbonyl (C=O) groups excluding carboxylic acids is 1. The van der Waals surface area contributed by atoms with E-state index in [1.165, 1.54) is 11.3 Å². The Morgan fingerprint density at radius 2 is 1.83 bits per heavy atom. The van der Waals surface area contributed by atoms with Crippen LogP contribution in [0, 0.1) is 0 Å². The molecule has 24 heavy (non-hydrogen) atoms. The molecule has 3 aromatic rings. The van der Waals surface area contributed by atoms with E-state index in [0.717, 1.165) is 15.6 Å². The zero-order chi connectivity index (χ0) is 16.9. The molecule has 5 heteroatoms. The number of fused-ring (bicyclic) bond motifs is 1. The summed E-state index contributed by atoms with van der Waals surface area (Å²) >= 11 is 7.66. The lowest BCUT2D eigenvalue weighted by molar-refractivity contribution is 0.0959. The minimum atomic E-state index is -0.298. The molecular weight excluding hydrogens is 340 g/mol.